The normalized spacial score (nSPS) is 20.9. The summed E-state index contributed by atoms with van der Waals surface area (Å²) in [5, 5.41) is 3.51. The maximum Gasteiger partial charge on any atom is 0.146 e. The number of ether oxygens (including phenoxy) is 1. The minimum Gasteiger partial charge on any atom is -0.378 e. The van der Waals surface area contributed by atoms with Crippen LogP contribution in [0.3, 0.4) is 0 Å². The van der Waals surface area contributed by atoms with E-state index in [2.05, 4.69) is 25.1 Å². The predicted octanol–water partition coefficient (Wildman–Crippen LogP) is 2.53. The lowest BCUT2D eigenvalue weighted by atomic mass is 10.0. The van der Waals surface area contributed by atoms with Gasteiger partial charge in [0.2, 0.25) is 0 Å². The molecule has 4 rings (SSSR count). The van der Waals surface area contributed by atoms with Crippen LogP contribution in [0.25, 0.3) is 0 Å². The van der Waals surface area contributed by atoms with Crippen LogP contribution in [0.2, 0.25) is 0 Å². The Hall–Kier alpha value is -2.41. The Labute approximate surface area is 153 Å². The second kappa shape index (κ2) is 7.86. The second-order valence-electron chi connectivity index (χ2n) is 6.74. The molecule has 2 saturated heterocycles. The van der Waals surface area contributed by atoms with E-state index in [0.29, 0.717) is 5.69 Å². The second-order valence-corrected chi connectivity index (χ2v) is 6.74. The summed E-state index contributed by atoms with van der Waals surface area (Å²) in [5.74, 6) is 1.58. The van der Waals surface area contributed by atoms with Crippen LogP contribution >= 0.6 is 0 Å². The van der Waals surface area contributed by atoms with Gasteiger partial charge in [0, 0.05) is 38.3 Å². The van der Waals surface area contributed by atoms with Crippen LogP contribution in [0.4, 0.5) is 21.7 Å². The summed E-state index contributed by atoms with van der Waals surface area (Å²) in [6.07, 6.45) is 3.67. The highest BCUT2D eigenvalue weighted by Gasteiger charge is 2.22. The van der Waals surface area contributed by atoms with Crippen molar-refractivity contribution in [1.82, 2.24) is 9.97 Å². The van der Waals surface area contributed by atoms with Crippen LogP contribution in [0.5, 0.6) is 0 Å². The van der Waals surface area contributed by atoms with E-state index < -0.39 is 0 Å². The lowest BCUT2D eigenvalue weighted by Crippen LogP contribution is -2.42. The summed E-state index contributed by atoms with van der Waals surface area (Å²) in [6, 6.07) is 9.20. The molecule has 0 amide bonds. The van der Waals surface area contributed by atoms with Gasteiger partial charge in [-0.3, -0.25) is 0 Å². The molecule has 0 unspecified atom stereocenters. The molecule has 0 bridgehead atoms. The highest BCUT2D eigenvalue weighted by atomic mass is 19.1. The molecule has 138 valence electrons. The van der Waals surface area contributed by atoms with Crippen molar-refractivity contribution in [3.8, 4) is 0 Å². The number of para-hydroxylation sites is 1. The van der Waals surface area contributed by atoms with Gasteiger partial charge >= 0.3 is 0 Å². The maximum atomic E-state index is 14.1. The van der Waals surface area contributed by atoms with Crippen LogP contribution in [-0.4, -0.2) is 55.4 Å². The Balaban J connectivity index is 1.43. The summed E-state index contributed by atoms with van der Waals surface area (Å²) in [5.41, 5.74) is 0.677. The summed E-state index contributed by atoms with van der Waals surface area (Å²) < 4.78 is 19.5. The van der Waals surface area contributed by atoms with Crippen molar-refractivity contribution in [1.29, 1.82) is 0 Å². The van der Waals surface area contributed by atoms with Gasteiger partial charge in [0.1, 0.15) is 23.8 Å². The zero-order chi connectivity index (χ0) is 17.8. The van der Waals surface area contributed by atoms with Crippen LogP contribution in [0.15, 0.2) is 36.7 Å². The molecular formula is C19H24FN5O. The number of hydrogen-bond acceptors (Lipinski definition) is 6. The van der Waals surface area contributed by atoms with E-state index in [-0.39, 0.29) is 11.9 Å². The van der Waals surface area contributed by atoms with Crippen LogP contribution in [-0.2, 0) is 4.74 Å². The molecule has 26 heavy (non-hydrogen) atoms. The molecule has 6 nitrogen and oxygen atoms in total. The Morgan fingerprint density at radius 2 is 1.92 bits per heavy atom. The number of morpholine rings is 1. The van der Waals surface area contributed by atoms with E-state index in [0.717, 1.165) is 63.9 Å². The molecule has 2 aliphatic heterocycles. The first kappa shape index (κ1) is 17.0. The van der Waals surface area contributed by atoms with Crippen molar-refractivity contribution in [2.24, 2.45) is 0 Å². The fourth-order valence-electron chi connectivity index (χ4n) is 3.62. The van der Waals surface area contributed by atoms with Gasteiger partial charge in [-0.25, -0.2) is 14.4 Å². The summed E-state index contributed by atoms with van der Waals surface area (Å²) in [6.45, 7) is 4.79. The van der Waals surface area contributed by atoms with Crippen molar-refractivity contribution in [2.45, 2.75) is 18.9 Å². The molecule has 0 spiro atoms. The van der Waals surface area contributed by atoms with E-state index in [1.54, 1.807) is 12.4 Å². The van der Waals surface area contributed by atoms with E-state index >= 15 is 0 Å². The number of halogens is 1. The quantitative estimate of drug-likeness (QED) is 0.908. The van der Waals surface area contributed by atoms with Gasteiger partial charge in [0.15, 0.2) is 0 Å². The van der Waals surface area contributed by atoms with Crippen molar-refractivity contribution in [3.63, 3.8) is 0 Å². The number of piperidine rings is 1. The number of benzene rings is 1. The van der Waals surface area contributed by atoms with E-state index in [4.69, 9.17) is 4.74 Å². The SMILES string of the molecule is Fc1ccccc1N1CCC[C@@H](Nc2cc(N3CCOCC3)ncn2)C1. The summed E-state index contributed by atoms with van der Waals surface area (Å²) in [7, 11) is 0. The lowest BCUT2D eigenvalue weighted by Gasteiger charge is -2.35. The molecule has 2 fully saturated rings. The van der Waals surface area contributed by atoms with Gasteiger partial charge in [-0.2, -0.15) is 0 Å². The molecule has 1 aromatic carbocycles. The minimum atomic E-state index is -0.162. The van der Waals surface area contributed by atoms with Gasteiger partial charge < -0.3 is 19.9 Å². The van der Waals surface area contributed by atoms with Crippen LogP contribution in [0, 0.1) is 5.82 Å². The third-order valence-electron chi connectivity index (χ3n) is 4.95. The number of nitrogens with one attached hydrogen (secondary N) is 1. The molecule has 1 aromatic heterocycles. The molecule has 3 heterocycles. The Morgan fingerprint density at radius 1 is 1.08 bits per heavy atom. The van der Waals surface area contributed by atoms with E-state index in [9.17, 15) is 4.39 Å². The van der Waals surface area contributed by atoms with Crippen molar-refractivity contribution in [3.05, 3.63) is 42.5 Å². The summed E-state index contributed by atoms with van der Waals surface area (Å²) >= 11 is 0. The zero-order valence-corrected chi connectivity index (χ0v) is 14.8. The number of rotatable bonds is 4. The Bertz CT molecular complexity index is 737. The highest BCUT2D eigenvalue weighted by Crippen LogP contribution is 2.24. The number of nitrogens with zero attached hydrogens (tertiary/aromatic N) is 4. The first-order chi connectivity index (χ1) is 12.8. The van der Waals surface area contributed by atoms with Crippen molar-refractivity contribution in [2.75, 3.05) is 54.5 Å². The molecule has 0 aliphatic carbocycles. The average molecular weight is 357 g/mol. The Kier molecular flexibility index (Phi) is 5.15. The van der Waals surface area contributed by atoms with Gasteiger partial charge in [-0.1, -0.05) is 12.1 Å². The van der Waals surface area contributed by atoms with Gasteiger partial charge in [0.05, 0.1) is 18.9 Å². The fourth-order valence-corrected chi connectivity index (χ4v) is 3.62. The maximum absolute atomic E-state index is 14.1. The molecule has 2 aromatic rings. The summed E-state index contributed by atoms with van der Waals surface area (Å²) in [4.78, 5) is 13.1. The van der Waals surface area contributed by atoms with Crippen LogP contribution in [0.1, 0.15) is 12.8 Å². The zero-order valence-electron chi connectivity index (χ0n) is 14.8. The molecule has 2 aliphatic rings. The van der Waals surface area contributed by atoms with Gasteiger partial charge in [-0.15, -0.1) is 0 Å². The van der Waals surface area contributed by atoms with Crippen LogP contribution < -0.4 is 15.1 Å². The molecular weight excluding hydrogens is 333 g/mol. The molecule has 0 radical (unpaired) electrons. The number of hydrogen-bond donors (Lipinski definition) is 1. The van der Waals surface area contributed by atoms with Crippen molar-refractivity contribution < 1.29 is 9.13 Å². The molecule has 1 atom stereocenters. The first-order valence-electron chi connectivity index (χ1n) is 9.20. The lowest BCUT2D eigenvalue weighted by molar-refractivity contribution is 0.122. The number of aromatic nitrogens is 2. The highest BCUT2D eigenvalue weighted by molar-refractivity contribution is 5.51. The fraction of sp³-hybridized carbons (Fsp3) is 0.474. The third kappa shape index (κ3) is 3.88. The molecule has 0 saturated carbocycles. The van der Waals surface area contributed by atoms with Gasteiger partial charge in [-0.05, 0) is 25.0 Å². The topological polar surface area (TPSA) is 53.5 Å². The largest absolute Gasteiger partial charge is 0.378 e. The monoisotopic (exact) mass is 357 g/mol. The minimum absolute atomic E-state index is 0.162. The molecule has 1 N–H and O–H groups in total. The molecule has 7 heteroatoms. The van der Waals surface area contributed by atoms with Gasteiger partial charge in [0.25, 0.3) is 0 Å². The first-order valence-corrected chi connectivity index (χ1v) is 9.20. The average Bonchev–Trinajstić information content (AvgIpc) is 2.69. The van der Waals surface area contributed by atoms with E-state index in [1.807, 2.05) is 18.2 Å². The predicted molar refractivity (Wildman–Crippen MR) is 100 cm³/mol. The Morgan fingerprint density at radius 3 is 2.77 bits per heavy atom. The smallest absolute Gasteiger partial charge is 0.146 e. The van der Waals surface area contributed by atoms with Crippen molar-refractivity contribution >= 4 is 17.3 Å². The van der Waals surface area contributed by atoms with E-state index in [1.165, 1.54) is 6.07 Å². The standard InChI is InChI=1S/C19H24FN5O/c20-16-5-1-2-6-17(16)25-7-3-4-15(13-25)23-18-12-19(22-14-21-18)24-8-10-26-11-9-24/h1-2,5-6,12,14-15H,3-4,7-11,13H2,(H,21,22,23)/t15-/m1/s1. The third-order valence-corrected chi connectivity index (χ3v) is 4.95. The number of anilines is 3.